The van der Waals surface area contributed by atoms with Crippen molar-refractivity contribution in [2.75, 3.05) is 13.7 Å². The van der Waals surface area contributed by atoms with Gasteiger partial charge in [0.05, 0.1) is 7.11 Å². The van der Waals surface area contributed by atoms with Crippen LogP contribution in [-0.2, 0) is 6.54 Å². The van der Waals surface area contributed by atoms with Gasteiger partial charge in [0, 0.05) is 35.1 Å². The van der Waals surface area contributed by atoms with Crippen LogP contribution in [0.2, 0.25) is 5.02 Å². The molecule has 1 saturated heterocycles. The smallest absolute Gasteiger partial charge is 0.123 e. The first-order valence-corrected chi connectivity index (χ1v) is 11.0. The van der Waals surface area contributed by atoms with Crippen LogP contribution in [0.15, 0.2) is 78.9 Å². The van der Waals surface area contributed by atoms with Crippen molar-refractivity contribution in [3.8, 4) is 5.75 Å². The van der Waals surface area contributed by atoms with Crippen molar-refractivity contribution in [2.24, 2.45) is 0 Å². The van der Waals surface area contributed by atoms with E-state index in [4.69, 9.17) is 16.3 Å². The molecule has 0 spiro atoms. The van der Waals surface area contributed by atoms with Gasteiger partial charge in [-0.1, -0.05) is 72.3 Å². The fourth-order valence-electron chi connectivity index (χ4n) is 4.55. The summed E-state index contributed by atoms with van der Waals surface area (Å²) in [4.78, 5) is 0. The summed E-state index contributed by atoms with van der Waals surface area (Å²) in [6.07, 6.45) is 2.30. The van der Waals surface area contributed by atoms with Crippen LogP contribution in [-0.4, -0.2) is 25.7 Å². The van der Waals surface area contributed by atoms with Gasteiger partial charge >= 0.3 is 0 Å². The minimum atomic E-state index is 0.284. The molecular weight excluding hydrogens is 392 g/mol. The molecule has 0 bridgehead atoms. The summed E-state index contributed by atoms with van der Waals surface area (Å²) in [6, 6.07) is 28.1. The number of hydrogen-bond donors (Lipinski definition) is 2. The Morgan fingerprint density at radius 1 is 1.00 bits per heavy atom. The summed E-state index contributed by atoms with van der Waals surface area (Å²) in [7, 11) is 1.71. The second-order valence-corrected chi connectivity index (χ2v) is 8.30. The monoisotopic (exact) mass is 420 g/mol. The van der Waals surface area contributed by atoms with Crippen LogP contribution in [0.1, 0.15) is 35.4 Å². The third-order valence-electron chi connectivity index (χ3n) is 5.98. The number of rotatable bonds is 7. The number of methoxy groups -OCH3 is 1. The van der Waals surface area contributed by atoms with Crippen LogP contribution in [0.4, 0.5) is 0 Å². The molecule has 4 rings (SSSR count). The molecule has 2 N–H and O–H groups in total. The molecule has 1 aliphatic heterocycles. The predicted octanol–water partition coefficient (Wildman–Crippen LogP) is 5.39. The average Bonchev–Trinajstić information content (AvgIpc) is 2.80. The molecule has 0 aliphatic carbocycles. The van der Waals surface area contributed by atoms with Gasteiger partial charge < -0.3 is 15.4 Å². The minimum Gasteiger partial charge on any atom is -0.496 e. The zero-order valence-corrected chi connectivity index (χ0v) is 18.1. The van der Waals surface area contributed by atoms with E-state index in [9.17, 15) is 0 Å². The first-order valence-electron chi connectivity index (χ1n) is 10.7. The van der Waals surface area contributed by atoms with Crippen molar-refractivity contribution in [1.29, 1.82) is 0 Å². The van der Waals surface area contributed by atoms with E-state index in [0.29, 0.717) is 12.1 Å². The normalized spacial score (nSPS) is 19.0. The lowest BCUT2D eigenvalue weighted by Crippen LogP contribution is -2.54. The second kappa shape index (κ2) is 10.1. The minimum absolute atomic E-state index is 0.284. The lowest BCUT2D eigenvalue weighted by Gasteiger charge is -2.39. The Hall–Kier alpha value is -2.33. The largest absolute Gasteiger partial charge is 0.496 e. The Kier molecular flexibility index (Phi) is 7.06. The molecular formula is C26H29ClN2O. The van der Waals surface area contributed by atoms with Gasteiger partial charge in [-0.25, -0.2) is 0 Å². The molecule has 30 heavy (non-hydrogen) atoms. The lowest BCUT2D eigenvalue weighted by atomic mass is 9.79. The Bertz CT molecular complexity index is 893. The van der Waals surface area contributed by atoms with E-state index < -0.39 is 0 Å². The molecule has 1 aliphatic rings. The van der Waals surface area contributed by atoms with Crippen molar-refractivity contribution in [1.82, 2.24) is 10.6 Å². The fraction of sp³-hybridized carbons (Fsp3) is 0.308. The van der Waals surface area contributed by atoms with Crippen molar-refractivity contribution < 1.29 is 4.74 Å². The molecule has 3 nitrogen and oxygen atoms in total. The van der Waals surface area contributed by atoms with Gasteiger partial charge in [0.2, 0.25) is 0 Å². The quantitative estimate of drug-likeness (QED) is 0.537. The number of ether oxygens (including phenoxy) is 1. The van der Waals surface area contributed by atoms with Gasteiger partial charge in [0.25, 0.3) is 0 Å². The summed E-state index contributed by atoms with van der Waals surface area (Å²) in [5.41, 5.74) is 3.77. The molecule has 0 aromatic heterocycles. The standard InChI is InChI=1S/C26H29ClN2O/c1-30-24-15-14-22(27)17-21(24)18-29-23-13-8-16-28-26(23)25(19-9-4-2-5-10-19)20-11-6-3-7-12-20/h2-7,9-12,14-15,17,23,25-26,28-29H,8,13,16,18H2,1H3. The highest BCUT2D eigenvalue weighted by Crippen LogP contribution is 2.32. The Morgan fingerprint density at radius 2 is 1.67 bits per heavy atom. The molecule has 3 aromatic carbocycles. The van der Waals surface area contributed by atoms with Crippen molar-refractivity contribution >= 4 is 11.6 Å². The highest BCUT2D eigenvalue weighted by molar-refractivity contribution is 6.30. The topological polar surface area (TPSA) is 33.3 Å². The Balaban J connectivity index is 1.61. The fourth-order valence-corrected chi connectivity index (χ4v) is 4.74. The number of hydrogen-bond acceptors (Lipinski definition) is 3. The van der Waals surface area contributed by atoms with E-state index in [0.717, 1.165) is 42.3 Å². The van der Waals surface area contributed by atoms with Gasteiger partial charge in [-0.15, -0.1) is 0 Å². The molecule has 0 saturated carbocycles. The maximum absolute atomic E-state index is 6.24. The van der Waals surface area contributed by atoms with E-state index in [1.54, 1.807) is 7.11 Å². The maximum atomic E-state index is 6.24. The van der Waals surface area contributed by atoms with E-state index in [2.05, 4.69) is 71.3 Å². The SMILES string of the molecule is COc1ccc(Cl)cc1CNC1CCCNC1C(c1ccccc1)c1ccccc1. The number of halogens is 1. The molecule has 2 atom stereocenters. The molecule has 1 fully saturated rings. The lowest BCUT2D eigenvalue weighted by molar-refractivity contribution is 0.279. The maximum Gasteiger partial charge on any atom is 0.123 e. The molecule has 2 unspecified atom stereocenters. The van der Waals surface area contributed by atoms with E-state index >= 15 is 0 Å². The van der Waals surface area contributed by atoms with Crippen LogP contribution in [0.5, 0.6) is 5.75 Å². The van der Waals surface area contributed by atoms with E-state index in [-0.39, 0.29) is 5.92 Å². The van der Waals surface area contributed by atoms with Crippen LogP contribution in [0, 0.1) is 0 Å². The third kappa shape index (κ3) is 4.86. The summed E-state index contributed by atoms with van der Waals surface area (Å²) in [5, 5.41) is 8.37. The van der Waals surface area contributed by atoms with Crippen LogP contribution in [0.25, 0.3) is 0 Å². The van der Waals surface area contributed by atoms with Crippen LogP contribution in [0.3, 0.4) is 0 Å². The molecule has 4 heteroatoms. The Labute approximate surface area is 184 Å². The van der Waals surface area contributed by atoms with Gasteiger partial charge in [-0.05, 0) is 48.7 Å². The zero-order valence-electron chi connectivity index (χ0n) is 17.4. The van der Waals surface area contributed by atoms with Crippen LogP contribution < -0.4 is 15.4 Å². The molecule has 3 aromatic rings. The summed E-state index contributed by atoms with van der Waals surface area (Å²) in [5.74, 6) is 1.15. The van der Waals surface area contributed by atoms with E-state index in [1.165, 1.54) is 11.1 Å². The van der Waals surface area contributed by atoms with Crippen molar-refractivity contribution in [3.05, 3.63) is 101 Å². The molecule has 1 heterocycles. The van der Waals surface area contributed by atoms with Gasteiger partial charge in [0.1, 0.15) is 5.75 Å². The number of piperidine rings is 1. The van der Waals surface area contributed by atoms with Crippen LogP contribution >= 0.6 is 11.6 Å². The first-order chi connectivity index (χ1) is 14.8. The average molecular weight is 421 g/mol. The summed E-state index contributed by atoms with van der Waals surface area (Å²) in [6.45, 7) is 1.77. The van der Waals surface area contributed by atoms with Crippen molar-refractivity contribution in [2.45, 2.75) is 37.4 Å². The summed E-state index contributed by atoms with van der Waals surface area (Å²) < 4.78 is 5.54. The highest BCUT2D eigenvalue weighted by Gasteiger charge is 2.33. The number of benzene rings is 3. The van der Waals surface area contributed by atoms with Gasteiger partial charge in [0.15, 0.2) is 0 Å². The Morgan fingerprint density at radius 3 is 2.30 bits per heavy atom. The first kappa shape index (κ1) is 20.9. The number of nitrogens with one attached hydrogen (secondary N) is 2. The molecule has 0 radical (unpaired) electrons. The highest BCUT2D eigenvalue weighted by atomic mass is 35.5. The van der Waals surface area contributed by atoms with E-state index in [1.807, 2.05) is 18.2 Å². The van der Waals surface area contributed by atoms with Gasteiger partial charge in [-0.3, -0.25) is 0 Å². The predicted molar refractivity (Wildman–Crippen MR) is 124 cm³/mol. The summed E-state index contributed by atoms with van der Waals surface area (Å²) >= 11 is 6.24. The zero-order chi connectivity index (χ0) is 20.8. The van der Waals surface area contributed by atoms with Crippen molar-refractivity contribution in [3.63, 3.8) is 0 Å². The van der Waals surface area contributed by atoms with Gasteiger partial charge in [-0.2, -0.15) is 0 Å². The second-order valence-electron chi connectivity index (χ2n) is 7.86. The molecule has 0 amide bonds. The molecule has 156 valence electrons. The third-order valence-corrected chi connectivity index (χ3v) is 6.21.